The minimum absolute atomic E-state index is 0.122. The first-order valence-electron chi connectivity index (χ1n) is 6.18. The minimum Gasteiger partial charge on any atom is -0.459 e. The smallest absolute Gasteiger partial charge is 0.339 e. The van der Waals surface area contributed by atoms with Crippen molar-refractivity contribution in [3.8, 4) is 0 Å². The van der Waals surface area contributed by atoms with E-state index in [2.05, 4.69) is 5.32 Å². The van der Waals surface area contributed by atoms with Crippen LogP contribution in [0.3, 0.4) is 0 Å². The van der Waals surface area contributed by atoms with E-state index in [1.165, 1.54) is 25.1 Å². The zero-order valence-corrected chi connectivity index (χ0v) is 13.3. The van der Waals surface area contributed by atoms with Crippen LogP contribution in [0.2, 0.25) is 5.02 Å². The first kappa shape index (κ1) is 17.5. The van der Waals surface area contributed by atoms with Crippen LogP contribution in [0, 0.1) is 0 Å². The molecule has 7 heteroatoms. The molecular formula is C14H15Cl2NO4. The topological polar surface area (TPSA) is 72.5 Å². The molecule has 0 aliphatic heterocycles. The van der Waals surface area contributed by atoms with Gasteiger partial charge in [-0.2, -0.15) is 0 Å². The fourth-order valence-electron chi connectivity index (χ4n) is 1.43. The molecule has 1 aromatic carbocycles. The van der Waals surface area contributed by atoms with Gasteiger partial charge in [0.2, 0.25) is 5.91 Å². The second kappa shape index (κ2) is 7.43. The molecule has 0 bridgehead atoms. The predicted octanol–water partition coefficient (Wildman–Crippen LogP) is 3.04. The summed E-state index contributed by atoms with van der Waals surface area (Å²) in [5.41, 5.74) is 0.420. The standard InChI is InChI=1S/C14H15Cl2NO4/c1-7(2)21-14(20)10-6-9(4-5-11(10)15)17-13(19)12(16)8(3)18/h4-7,12H,1-3H3,(H,17,19). The molecule has 5 nitrogen and oxygen atoms in total. The molecular weight excluding hydrogens is 317 g/mol. The number of hydrogen-bond acceptors (Lipinski definition) is 4. The molecule has 21 heavy (non-hydrogen) atoms. The number of alkyl halides is 1. The molecule has 0 spiro atoms. The van der Waals surface area contributed by atoms with Gasteiger partial charge in [0.15, 0.2) is 11.2 Å². The molecule has 0 radical (unpaired) electrons. The summed E-state index contributed by atoms with van der Waals surface area (Å²) < 4.78 is 5.05. The summed E-state index contributed by atoms with van der Waals surface area (Å²) in [6.45, 7) is 4.63. The molecule has 0 saturated heterocycles. The molecule has 0 aromatic heterocycles. The van der Waals surface area contributed by atoms with Gasteiger partial charge in [-0.05, 0) is 39.0 Å². The van der Waals surface area contributed by atoms with Crippen LogP contribution in [0.5, 0.6) is 0 Å². The average Bonchev–Trinajstić information content (AvgIpc) is 2.38. The Morgan fingerprint density at radius 2 is 1.86 bits per heavy atom. The molecule has 1 amide bonds. The van der Waals surface area contributed by atoms with Crippen LogP contribution in [-0.2, 0) is 14.3 Å². The number of esters is 1. The maximum absolute atomic E-state index is 11.9. The van der Waals surface area contributed by atoms with Gasteiger partial charge in [0.1, 0.15) is 0 Å². The Morgan fingerprint density at radius 1 is 1.24 bits per heavy atom. The van der Waals surface area contributed by atoms with Crippen LogP contribution in [-0.4, -0.2) is 29.1 Å². The third-order valence-corrected chi connectivity index (χ3v) is 3.22. The van der Waals surface area contributed by atoms with Gasteiger partial charge < -0.3 is 10.1 Å². The average molecular weight is 332 g/mol. The van der Waals surface area contributed by atoms with E-state index in [1.54, 1.807) is 13.8 Å². The summed E-state index contributed by atoms with van der Waals surface area (Å²) >= 11 is 11.6. The normalized spacial score (nSPS) is 11.9. The second-order valence-corrected chi connectivity index (χ2v) is 5.45. The fourth-order valence-corrected chi connectivity index (χ4v) is 1.68. The van der Waals surface area contributed by atoms with Crippen molar-refractivity contribution in [3.05, 3.63) is 28.8 Å². The van der Waals surface area contributed by atoms with Gasteiger partial charge >= 0.3 is 5.97 Å². The van der Waals surface area contributed by atoms with Gasteiger partial charge in [0.05, 0.1) is 16.7 Å². The molecule has 0 aliphatic rings. The lowest BCUT2D eigenvalue weighted by molar-refractivity contribution is -0.123. The number of hydrogen-bond donors (Lipinski definition) is 1. The number of nitrogens with one attached hydrogen (secondary N) is 1. The lowest BCUT2D eigenvalue weighted by Gasteiger charge is -2.12. The number of rotatable bonds is 5. The second-order valence-electron chi connectivity index (χ2n) is 4.61. The third-order valence-electron chi connectivity index (χ3n) is 2.38. The predicted molar refractivity (Wildman–Crippen MR) is 81.0 cm³/mol. The first-order valence-corrected chi connectivity index (χ1v) is 6.99. The highest BCUT2D eigenvalue weighted by Crippen LogP contribution is 2.22. The molecule has 114 valence electrons. The fraction of sp³-hybridized carbons (Fsp3) is 0.357. The van der Waals surface area contributed by atoms with Gasteiger partial charge in [-0.15, -0.1) is 11.6 Å². The van der Waals surface area contributed by atoms with E-state index in [-0.39, 0.29) is 16.7 Å². The van der Waals surface area contributed by atoms with Crippen molar-refractivity contribution in [2.24, 2.45) is 0 Å². The Balaban J connectivity index is 2.94. The van der Waals surface area contributed by atoms with E-state index in [1.807, 2.05) is 0 Å². The van der Waals surface area contributed by atoms with Crippen molar-refractivity contribution in [1.82, 2.24) is 0 Å². The lowest BCUT2D eigenvalue weighted by Crippen LogP contribution is -2.28. The summed E-state index contributed by atoms with van der Waals surface area (Å²) in [5, 5.41) is 1.36. The van der Waals surface area contributed by atoms with Gasteiger partial charge in [0, 0.05) is 5.69 Å². The molecule has 1 atom stereocenters. The summed E-state index contributed by atoms with van der Waals surface area (Å²) in [6, 6.07) is 4.32. The third kappa shape index (κ3) is 5.02. The van der Waals surface area contributed by atoms with Gasteiger partial charge in [-0.1, -0.05) is 11.6 Å². The van der Waals surface area contributed by atoms with Crippen LogP contribution in [0.15, 0.2) is 18.2 Å². The molecule has 0 heterocycles. The Morgan fingerprint density at radius 3 is 2.38 bits per heavy atom. The number of ether oxygens (including phenoxy) is 1. The van der Waals surface area contributed by atoms with Crippen molar-refractivity contribution in [2.45, 2.75) is 32.3 Å². The number of anilines is 1. The maximum atomic E-state index is 11.9. The zero-order chi connectivity index (χ0) is 16.2. The summed E-state index contributed by atoms with van der Waals surface area (Å²) in [5.74, 6) is -1.74. The summed E-state index contributed by atoms with van der Waals surface area (Å²) in [7, 11) is 0. The molecule has 0 fully saturated rings. The van der Waals surface area contributed by atoms with Crippen LogP contribution in [0.1, 0.15) is 31.1 Å². The van der Waals surface area contributed by atoms with Crippen molar-refractivity contribution in [2.75, 3.05) is 5.32 Å². The molecule has 1 rings (SSSR count). The van der Waals surface area contributed by atoms with Crippen molar-refractivity contribution in [3.63, 3.8) is 0 Å². The molecule has 0 saturated carbocycles. The number of benzene rings is 1. The Bertz CT molecular complexity index is 572. The quantitative estimate of drug-likeness (QED) is 0.511. The number of Topliss-reactive ketones (excluding diaryl/α,β-unsaturated/α-hetero) is 1. The van der Waals surface area contributed by atoms with Gasteiger partial charge in [-0.25, -0.2) is 4.79 Å². The largest absolute Gasteiger partial charge is 0.459 e. The SMILES string of the molecule is CC(=O)C(Cl)C(=O)Nc1ccc(Cl)c(C(=O)OC(C)C)c1. The zero-order valence-electron chi connectivity index (χ0n) is 11.8. The highest BCUT2D eigenvalue weighted by Gasteiger charge is 2.21. The number of amides is 1. The molecule has 1 unspecified atom stereocenters. The maximum Gasteiger partial charge on any atom is 0.339 e. The van der Waals surface area contributed by atoms with E-state index in [4.69, 9.17) is 27.9 Å². The van der Waals surface area contributed by atoms with Crippen LogP contribution in [0.25, 0.3) is 0 Å². The van der Waals surface area contributed by atoms with E-state index >= 15 is 0 Å². The Kier molecular flexibility index (Phi) is 6.18. The minimum atomic E-state index is -1.29. The number of ketones is 1. The lowest BCUT2D eigenvalue weighted by atomic mass is 10.2. The molecule has 1 aromatic rings. The van der Waals surface area contributed by atoms with Crippen LogP contribution >= 0.6 is 23.2 Å². The van der Waals surface area contributed by atoms with Gasteiger partial charge in [-0.3, -0.25) is 9.59 Å². The van der Waals surface area contributed by atoms with Crippen molar-refractivity contribution >= 4 is 46.5 Å². The summed E-state index contributed by atoms with van der Waals surface area (Å²) in [4.78, 5) is 34.6. The monoisotopic (exact) mass is 331 g/mol. The van der Waals surface area contributed by atoms with Crippen molar-refractivity contribution in [1.29, 1.82) is 0 Å². The highest BCUT2D eigenvalue weighted by atomic mass is 35.5. The Labute approximate surface area is 132 Å². The van der Waals surface area contributed by atoms with Crippen molar-refractivity contribution < 1.29 is 19.1 Å². The molecule has 0 aliphatic carbocycles. The highest BCUT2D eigenvalue weighted by molar-refractivity contribution is 6.43. The number of halogens is 2. The van der Waals surface area contributed by atoms with Crippen LogP contribution in [0.4, 0.5) is 5.69 Å². The first-order chi connectivity index (χ1) is 9.72. The van der Waals surface area contributed by atoms with E-state index in [9.17, 15) is 14.4 Å². The molecule has 1 N–H and O–H groups in total. The Hall–Kier alpha value is -1.59. The van der Waals surface area contributed by atoms with Gasteiger partial charge in [0.25, 0.3) is 0 Å². The van der Waals surface area contributed by atoms with E-state index in [0.717, 1.165) is 0 Å². The van der Waals surface area contributed by atoms with Crippen LogP contribution < -0.4 is 5.32 Å². The van der Waals surface area contributed by atoms with E-state index < -0.39 is 23.0 Å². The number of carbonyl (C=O) groups is 3. The summed E-state index contributed by atoms with van der Waals surface area (Å²) in [6.07, 6.45) is -0.295. The van der Waals surface area contributed by atoms with E-state index in [0.29, 0.717) is 5.69 Å². The number of carbonyl (C=O) groups excluding carboxylic acids is 3.